The molecule has 3 amide bonds. The highest BCUT2D eigenvalue weighted by Crippen LogP contribution is 2.27. The summed E-state index contributed by atoms with van der Waals surface area (Å²) in [6, 6.07) is 5.48. The van der Waals surface area contributed by atoms with Crippen molar-refractivity contribution in [1.29, 1.82) is 0 Å². The third-order valence-electron chi connectivity index (χ3n) is 4.05. The molecule has 0 spiro atoms. The number of imide groups is 1. The molecule has 0 N–H and O–H groups in total. The van der Waals surface area contributed by atoms with Crippen molar-refractivity contribution in [2.75, 3.05) is 18.8 Å². The summed E-state index contributed by atoms with van der Waals surface area (Å²) in [4.78, 5) is 38.6. The smallest absolute Gasteiger partial charge is 0.289 e. The van der Waals surface area contributed by atoms with Gasteiger partial charge >= 0.3 is 0 Å². The lowest BCUT2D eigenvalue weighted by molar-refractivity contribution is -0.128. The molecule has 0 aromatic heterocycles. The van der Waals surface area contributed by atoms with Crippen LogP contribution in [0.5, 0.6) is 0 Å². The Balaban J connectivity index is 1.65. The molecule has 110 valence electrons. The van der Waals surface area contributed by atoms with Crippen molar-refractivity contribution in [2.24, 2.45) is 0 Å². The number of thioether (sulfide) groups is 1. The summed E-state index contributed by atoms with van der Waals surface area (Å²) in [6.07, 6.45) is 0. The zero-order valence-corrected chi connectivity index (χ0v) is 12.8. The van der Waals surface area contributed by atoms with E-state index in [4.69, 9.17) is 0 Å². The number of benzene rings is 1. The molecule has 0 aliphatic carbocycles. The molecule has 2 heterocycles. The fourth-order valence-electron chi connectivity index (χ4n) is 2.56. The van der Waals surface area contributed by atoms with Crippen molar-refractivity contribution < 1.29 is 14.4 Å². The number of carbonyl (C=O) groups excluding carboxylic acids is 3. The van der Waals surface area contributed by atoms with Gasteiger partial charge in [0, 0.05) is 18.7 Å². The normalized spacial score (nSPS) is 19.1. The number of hydrogen-bond donors (Lipinski definition) is 0. The molecule has 2 aliphatic heterocycles. The molecular formula is C15H16N2O3S. The average molecular weight is 304 g/mol. The predicted molar refractivity (Wildman–Crippen MR) is 80.3 cm³/mol. The SMILES string of the molecule is Cc1ccc(C(=O)N2CC(N3C(=O)CSC3=O)C2)cc1C. The molecule has 1 aromatic rings. The molecule has 6 heteroatoms. The second kappa shape index (κ2) is 5.18. The second-order valence-corrected chi connectivity index (χ2v) is 6.41. The van der Waals surface area contributed by atoms with Gasteiger partial charge < -0.3 is 4.90 Å². The highest BCUT2D eigenvalue weighted by Gasteiger charge is 2.43. The molecule has 0 atom stereocenters. The van der Waals surface area contributed by atoms with E-state index in [-0.39, 0.29) is 28.8 Å². The number of carbonyl (C=O) groups is 3. The van der Waals surface area contributed by atoms with E-state index < -0.39 is 0 Å². The summed E-state index contributed by atoms with van der Waals surface area (Å²) < 4.78 is 0. The van der Waals surface area contributed by atoms with Gasteiger partial charge in [0.05, 0.1) is 11.8 Å². The van der Waals surface area contributed by atoms with Crippen molar-refractivity contribution in [1.82, 2.24) is 9.80 Å². The van der Waals surface area contributed by atoms with Crippen molar-refractivity contribution in [3.63, 3.8) is 0 Å². The van der Waals surface area contributed by atoms with E-state index in [9.17, 15) is 14.4 Å². The third kappa shape index (κ3) is 2.44. The van der Waals surface area contributed by atoms with E-state index in [1.807, 2.05) is 32.0 Å². The van der Waals surface area contributed by atoms with Crippen LogP contribution < -0.4 is 0 Å². The van der Waals surface area contributed by atoms with Crippen molar-refractivity contribution in [2.45, 2.75) is 19.9 Å². The number of nitrogens with zero attached hydrogens (tertiary/aromatic N) is 2. The van der Waals surface area contributed by atoms with Crippen LogP contribution in [-0.2, 0) is 4.79 Å². The van der Waals surface area contributed by atoms with E-state index in [0.717, 1.165) is 22.9 Å². The van der Waals surface area contributed by atoms with E-state index in [1.54, 1.807) is 4.90 Å². The Kier molecular flexibility index (Phi) is 3.49. The van der Waals surface area contributed by atoms with Gasteiger partial charge in [0.2, 0.25) is 5.91 Å². The highest BCUT2D eigenvalue weighted by molar-refractivity contribution is 8.14. The Morgan fingerprint density at radius 3 is 2.48 bits per heavy atom. The van der Waals surface area contributed by atoms with Gasteiger partial charge in [0.15, 0.2) is 0 Å². The third-order valence-corrected chi connectivity index (χ3v) is 4.89. The van der Waals surface area contributed by atoms with Gasteiger partial charge in [-0.15, -0.1) is 0 Å². The lowest BCUT2D eigenvalue weighted by atomic mass is 10.0. The van der Waals surface area contributed by atoms with Gasteiger partial charge in [0.25, 0.3) is 11.1 Å². The molecule has 2 aliphatic rings. The fraction of sp³-hybridized carbons (Fsp3) is 0.400. The van der Waals surface area contributed by atoms with Gasteiger partial charge in [-0.05, 0) is 37.1 Å². The van der Waals surface area contributed by atoms with Gasteiger partial charge in [-0.2, -0.15) is 0 Å². The number of rotatable bonds is 2. The van der Waals surface area contributed by atoms with Crippen LogP contribution in [0.2, 0.25) is 0 Å². The van der Waals surface area contributed by atoms with Crippen LogP contribution in [0.25, 0.3) is 0 Å². The van der Waals surface area contributed by atoms with E-state index in [0.29, 0.717) is 18.7 Å². The van der Waals surface area contributed by atoms with Crippen LogP contribution in [0.4, 0.5) is 4.79 Å². The van der Waals surface area contributed by atoms with Crippen LogP contribution in [0.15, 0.2) is 18.2 Å². The topological polar surface area (TPSA) is 57.7 Å². The zero-order valence-electron chi connectivity index (χ0n) is 12.0. The summed E-state index contributed by atoms with van der Waals surface area (Å²) in [5.74, 6) is 0.0369. The predicted octanol–water partition coefficient (Wildman–Crippen LogP) is 1.82. The number of amides is 3. The first-order chi connectivity index (χ1) is 9.97. The maximum Gasteiger partial charge on any atom is 0.289 e. The van der Waals surface area contributed by atoms with Gasteiger partial charge in [-0.25, -0.2) is 0 Å². The second-order valence-electron chi connectivity index (χ2n) is 5.48. The molecule has 2 saturated heterocycles. The van der Waals surface area contributed by atoms with Gasteiger partial charge in [-0.3, -0.25) is 19.3 Å². The molecule has 5 nitrogen and oxygen atoms in total. The number of aryl methyl sites for hydroxylation is 2. The van der Waals surface area contributed by atoms with Crippen molar-refractivity contribution in [3.05, 3.63) is 34.9 Å². The number of hydrogen-bond acceptors (Lipinski definition) is 4. The lowest BCUT2D eigenvalue weighted by Crippen LogP contribution is -2.62. The summed E-state index contributed by atoms with van der Waals surface area (Å²) in [5, 5.41) is -0.191. The lowest BCUT2D eigenvalue weighted by Gasteiger charge is -2.42. The first-order valence-electron chi connectivity index (χ1n) is 6.82. The van der Waals surface area contributed by atoms with E-state index >= 15 is 0 Å². The van der Waals surface area contributed by atoms with Gasteiger partial charge in [0.1, 0.15) is 0 Å². The Morgan fingerprint density at radius 1 is 1.19 bits per heavy atom. The molecule has 0 saturated carbocycles. The molecular weight excluding hydrogens is 288 g/mol. The van der Waals surface area contributed by atoms with Crippen molar-refractivity contribution >= 4 is 28.8 Å². The molecule has 0 bridgehead atoms. The van der Waals surface area contributed by atoms with Crippen LogP contribution in [-0.4, -0.2) is 51.7 Å². The molecule has 0 radical (unpaired) electrons. The minimum Gasteiger partial charge on any atom is -0.334 e. The van der Waals surface area contributed by atoms with Gasteiger partial charge in [-0.1, -0.05) is 17.8 Å². The summed E-state index contributed by atoms with van der Waals surface area (Å²) >= 11 is 1.03. The highest BCUT2D eigenvalue weighted by atomic mass is 32.2. The maximum atomic E-state index is 12.3. The minimum absolute atomic E-state index is 0.0407. The van der Waals surface area contributed by atoms with Crippen LogP contribution in [0, 0.1) is 13.8 Å². The van der Waals surface area contributed by atoms with E-state index in [1.165, 1.54) is 4.90 Å². The standard InChI is InChI=1S/C15H16N2O3S/c1-9-3-4-11(5-10(9)2)14(19)16-6-12(7-16)17-13(18)8-21-15(17)20/h3-5,12H,6-8H2,1-2H3. The summed E-state index contributed by atoms with van der Waals surface area (Å²) in [7, 11) is 0. The monoisotopic (exact) mass is 304 g/mol. The first-order valence-corrected chi connectivity index (χ1v) is 7.81. The quantitative estimate of drug-likeness (QED) is 0.836. The number of likely N-dealkylation sites (tertiary alicyclic amines) is 1. The van der Waals surface area contributed by atoms with Crippen LogP contribution in [0.1, 0.15) is 21.5 Å². The largest absolute Gasteiger partial charge is 0.334 e. The Morgan fingerprint density at radius 2 is 1.90 bits per heavy atom. The molecule has 0 unspecified atom stereocenters. The first kappa shape index (κ1) is 14.1. The summed E-state index contributed by atoms with van der Waals surface area (Å²) in [5.41, 5.74) is 2.89. The minimum atomic E-state index is -0.191. The molecule has 1 aromatic carbocycles. The van der Waals surface area contributed by atoms with Crippen molar-refractivity contribution in [3.8, 4) is 0 Å². The van der Waals surface area contributed by atoms with Crippen LogP contribution >= 0.6 is 11.8 Å². The van der Waals surface area contributed by atoms with Crippen LogP contribution in [0.3, 0.4) is 0 Å². The summed E-state index contributed by atoms with van der Waals surface area (Å²) in [6.45, 7) is 4.85. The Hall–Kier alpha value is -1.82. The Bertz CT molecular complexity index is 622. The maximum absolute atomic E-state index is 12.3. The molecule has 3 rings (SSSR count). The average Bonchev–Trinajstić information content (AvgIpc) is 2.72. The zero-order chi connectivity index (χ0) is 15.1. The molecule has 21 heavy (non-hydrogen) atoms. The molecule has 2 fully saturated rings. The fourth-order valence-corrected chi connectivity index (χ4v) is 3.33. The van der Waals surface area contributed by atoms with E-state index in [2.05, 4.69) is 0 Å². The Labute approximate surface area is 127 Å².